The van der Waals surface area contributed by atoms with Gasteiger partial charge in [-0.25, -0.2) is 4.98 Å². The molecule has 0 aliphatic carbocycles. The first-order valence-corrected chi connectivity index (χ1v) is 9.85. The van der Waals surface area contributed by atoms with E-state index in [1.54, 1.807) is 18.2 Å². The van der Waals surface area contributed by atoms with E-state index in [2.05, 4.69) is 20.9 Å². The Morgan fingerprint density at radius 1 is 1.07 bits per heavy atom. The number of nitrogens with one attached hydrogen (secondary N) is 3. The van der Waals surface area contributed by atoms with E-state index in [0.717, 1.165) is 5.56 Å². The van der Waals surface area contributed by atoms with Crippen LogP contribution in [0, 0.1) is 12.3 Å². The van der Waals surface area contributed by atoms with Gasteiger partial charge in [0, 0.05) is 24.8 Å². The van der Waals surface area contributed by atoms with E-state index < -0.39 is 10.9 Å². The van der Waals surface area contributed by atoms with Gasteiger partial charge >= 0.3 is 0 Å². The number of amides is 1. The standard InChI is InChI=1S/C22H23ClN4O3/c1-13-6-4-7-14(10-13)21(30)26-12-22(2,3)11-25-16-17(19(29)18(16)28)27-15-8-5-9-24-20(15)23/h4-10,25,27H,11-12H2,1-3H3,(H,26,30). The molecule has 156 valence electrons. The summed E-state index contributed by atoms with van der Waals surface area (Å²) in [5.74, 6) is -0.158. The van der Waals surface area contributed by atoms with Gasteiger partial charge in [0.1, 0.15) is 11.4 Å². The predicted octanol–water partition coefficient (Wildman–Crippen LogP) is 3.25. The number of pyridine rings is 1. The topological polar surface area (TPSA) is 100 Å². The quantitative estimate of drug-likeness (QED) is 0.377. The Morgan fingerprint density at radius 3 is 2.50 bits per heavy atom. The Bertz CT molecular complexity index is 1150. The zero-order valence-corrected chi connectivity index (χ0v) is 17.8. The normalized spacial score (nSPS) is 11.3. The van der Waals surface area contributed by atoms with Crippen molar-refractivity contribution in [3.8, 4) is 0 Å². The van der Waals surface area contributed by atoms with Gasteiger partial charge < -0.3 is 16.0 Å². The predicted molar refractivity (Wildman–Crippen MR) is 120 cm³/mol. The van der Waals surface area contributed by atoms with Crippen LogP contribution in [0.3, 0.4) is 0 Å². The van der Waals surface area contributed by atoms with Crippen LogP contribution in [0.25, 0.3) is 0 Å². The number of carbonyl (C=O) groups excluding carboxylic acids is 1. The van der Waals surface area contributed by atoms with Crippen molar-refractivity contribution >= 4 is 34.6 Å². The van der Waals surface area contributed by atoms with Crippen molar-refractivity contribution in [2.45, 2.75) is 20.8 Å². The second kappa shape index (κ2) is 8.67. The molecule has 3 aromatic rings. The van der Waals surface area contributed by atoms with Gasteiger partial charge in [-0.05, 0) is 36.6 Å². The van der Waals surface area contributed by atoms with Crippen LogP contribution in [0.5, 0.6) is 0 Å². The number of hydrogen-bond acceptors (Lipinski definition) is 6. The van der Waals surface area contributed by atoms with Gasteiger partial charge in [0.2, 0.25) is 0 Å². The van der Waals surface area contributed by atoms with Crippen molar-refractivity contribution in [3.05, 3.63) is 79.3 Å². The molecule has 0 saturated heterocycles. The molecular formula is C22H23ClN4O3. The van der Waals surface area contributed by atoms with Crippen LogP contribution < -0.4 is 26.8 Å². The molecule has 0 radical (unpaired) electrons. The summed E-state index contributed by atoms with van der Waals surface area (Å²) in [5.41, 5.74) is 0.854. The maximum Gasteiger partial charge on any atom is 0.253 e. The third-order valence-corrected chi connectivity index (χ3v) is 4.98. The average Bonchev–Trinajstić information content (AvgIpc) is 2.72. The molecule has 0 bridgehead atoms. The first-order valence-electron chi connectivity index (χ1n) is 9.47. The molecule has 3 rings (SSSR count). The molecule has 2 aromatic carbocycles. The summed E-state index contributed by atoms with van der Waals surface area (Å²) in [6.45, 7) is 6.60. The number of nitrogens with zero attached hydrogens (tertiary/aromatic N) is 1. The van der Waals surface area contributed by atoms with Crippen molar-refractivity contribution in [1.29, 1.82) is 0 Å². The number of carbonyl (C=O) groups is 1. The second-order valence-corrected chi connectivity index (χ2v) is 8.30. The fourth-order valence-electron chi connectivity index (χ4n) is 2.89. The fraction of sp³-hybridized carbons (Fsp3) is 0.273. The summed E-state index contributed by atoms with van der Waals surface area (Å²) in [4.78, 5) is 40.3. The van der Waals surface area contributed by atoms with Crippen molar-refractivity contribution in [1.82, 2.24) is 10.3 Å². The molecule has 0 saturated carbocycles. The maximum atomic E-state index is 12.4. The minimum Gasteiger partial charge on any atom is -0.379 e. The van der Waals surface area contributed by atoms with Gasteiger partial charge in [-0.3, -0.25) is 14.4 Å². The molecule has 3 N–H and O–H groups in total. The van der Waals surface area contributed by atoms with Gasteiger partial charge in [-0.15, -0.1) is 0 Å². The first-order chi connectivity index (χ1) is 14.2. The van der Waals surface area contributed by atoms with Crippen LogP contribution in [-0.2, 0) is 0 Å². The molecule has 0 fully saturated rings. The zero-order valence-electron chi connectivity index (χ0n) is 17.0. The van der Waals surface area contributed by atoms with Crippen molar-refractivity contribution in [3.63, 3.8) is 0 Å². The monoisotopic (exact) mass is 426 g/mol. The number of anilines is 3. The van der Waals surface area contributed by atoms with Crippen molar-refractivity contribution < 1.29 is 4.79 Å². The molecule has 0 unspecified atom stereocenters. The summed E-state index contributed by atoms with van der Waals surface area (Å²) >= 11 is 6.01. The van der Waals surface area contributed by atoms with E-state index in [4.69, 9.17) is 11.6 Å². The highest BCUT2D eigenvalue weighted by Crippen LogP contribution is 2.26. The minimum atomic E-state index is -0.608. The van der Waals surface area contributed by atoms with Crippen LogP contribution >= 0.6 is 11.6 Å². The van der Waals surface area contributed by atoms with E-state index in [1.165, 1.54) is 6.20 Å². The number of halogens is 1. The molecule has 0 aliphatic rings. The zero-order chi connectivity index (χ0) is 21.9. The lowest BCUT2D eigenvalue weighted by Gasteiger charge is -2.27. The highest BCUT2D eigenvalue weighted by Gasteiger charge is 2.25. The van der Waals surface area contributed by atoms with Crippen LogP contribution in [0.15, 0.2) is 52.2 Å². The lowest BCUT2D eigenvalue weighted by molar-refractivity contribution is 0.0938. The van der Waals surface area contributed by atoms with Crippen LogP contribution in [0.1, 0.15) is 29.8 Å². The minimum absolute atomic E-state index is 0.158. The van der Waals surface area contributed by atoms with Crippen LogP contribution in [0.2, 0.25) is 5.15 Å². The van der Waals surface area contributed by atoms with Crippen molar-refractivity contribution in [2.24, 2.45) is 5.41 Å². The second-order valence-electron chi connectivity index (χ2n) is 7.94. The Labute approximate surface area is 179 Å². The molecule has 0 aliphatic heterocycles. The summed E-state index contributed by atoms with van der Waals surface area (Å²) in [6.07, 6.45) is 1.53. The van der Waals surface area contributed by atoms with Crippen LogP contribution in [-0.4, -0.2) is 24.0 Å². The third-order valence-electron chi connectivity index (χ3n) is 4.68. The Hall–Kier alpha value is -3.19. The molecule has 7 nitrogen and oxygen atoms in total. The smallest absolute Gasteiger partial charge is 0.253 e. The number of aromatic nitrogens is 1. The summed E-state index contributed by atoms with van der Waals surface area (Å²) in [5, 5.41) is 9.03. The van der Waals surface area contributed by atoms with Gasteiger partial charge in [0.25, 0.3) is 16.8 Å². The Balaban J connectivity index is 1.61. The average molecular weight is 427 g/mol. The molecule has 30 heavy (non-hydrogen) atoms. The van der Waals surface area contributed by atoms with E-state index in [9.17, 15) is 14.4 Å². The Kier molecular flexibility index (Phi) is 6.22. The molecule has 1 aromatic heterocycles. The van der Waals surface area contributed by atoms with E-state index in [-0.39, 0.29) is 27.9 Å². The molecule has 8 heteroatoms. The third kappa shape index (κ3) is 4.86. The van der Waals surface area contributed by atoms with Gasteiger partial charge in [0.05, 0.1) is 5.69 Å². The van der Waals surface area contributed by atoms with E-state index >= 15 is 0 Å². The number of aryl methyl sites for hydroxylation is 1. The van der Waals surface area contributed by atoms with E-state index in [1.807, 2.05) is 39.0 Å². The molecule has 1 amide bonds. The van der Waals surface area contributed by atoms with Gasteiger partial charge in [0.15, 0.2) is 5.15 Å². The molecule has 1 heterocycles. The van der Waals surface area contributed by atoms with Crippen molar-refractivity contribution in [2.75, 3.05) is 23.7 Å². The Morgan fingerprint density at radius 2 is 1.80 bits per heavy atom. The van der Waals surface area contributed by atoms with E-state index in [0.29, 0.717) is 24.3 Å². The molecule has 0 spiro atoms. The number of hydrogen-bond donors (Lipinski definition) is 3. The fourth-order valence-corrected chi connectivity index (χ4v) is 3.06. The number of rotatable bonds is 8. The highest BCUT2D eigenvalue weighted by atomic mass is 35.5. The lowest BCUT2D eigenvalue weighted by atomic mass is 9.92. The highest BCUT2D eigenvalue weighted by molar-refractivity contribution is 6.32. The molecule has 0 atom stereocenters. The SMILES string of the molecule is Cc1cccc(C(=O)NCC(C)(C)CNc2c(Nc3cccnc3Cl)c(=O)c2=O)c1. The van der Waals surface area contributed by atoms with Gasteiger partial charge in [-0.1, -0.05) is 43.1 Å². The summed E-state index contributed by atoms with van der Waals surface area (Å²) in [7, 11) is 0. The largest absolute Gasteiger partial charge is 0.379 e. The lowest BCUT2D eigenvalue weighted by Crippen LogP contribution is -2.42. The molecular weight excluding hydrogens is 404 g/mol. The maximum absolute atomic E-state index is 12.4. The first kappa shape index (κ1) is 21.5. The van der Waals surface area contributed by atoms with Gasteiger partial charge in [-0.2, -0.15) is 0 Å². The number of benzene rings is 1. The summed E-state index contributed by atoms with van der Waals surface area (Å²) in [6, 6.07) is 10.7. The summed E-state index contributed by atoms with van der Waals surface area (Å²) < 4.78 is 0. The van der Waals surface area contributed by atoms with Crippen LogP contribution in [0.4, 0.5) is 17.1 Å².